The number of aromatic nitrogens is 2. The van der Waals surface area contributed by atoms with Gasteiger partial charge in [0.15, 0.2) is 0 Å². The number of carboxylic acids is 1. The Kier molecular flexibility index (Phi) is 9.47. The maximum absolute atomic E-state index is 12.5. The van der Waals surface area contributed by atoms with Crippen molar-refractivity contribution in [3.63, 3.8) is 0 Å². The number of aryl methyl sites for hydroxylation is 2. The van der Waals surface area contributed by atoms with E-state index in [-0.39, 0.29) is 23.9 Å². The number of carbonyl (C=O) groups is 2. The van der Waals surface area contributed by atoms with Gasteiger partial charge in [-0.1, -0.05) is 42.5 Å². The zero-order valence-corrected chi connectivity index (χ0v) is 23.1. The van der Waals surface area contributed by atoms with E-state index in [9.17, 15) is 14.7 Å². The van der Waals surface area contributed by atoms with Gasteiger partial charge >= 0.3 is 5.97 Å². The highest BCUT2D eigenvalue weighted by molar-refractivity contribution is 5.87. The molecule has 4 aromatic rings. The first-order chi connectivity index (χ1) is 19.2. The maximum atomic E-state index is 12.5. The highest BCUT2D eigenvalue weighted by Gasteiger charge is 2.13. The number of aromatic carboxylic acids is 1. The predicted octanol–water partition coefficient (Wildman–Crippen LogP) is 4.30. The minimum absolute atomic E-state index is 0.101. The highest BCUT2D eigenvalue weighted by atomic mass is 16.4. The number of pyridine rings is 1. The fourth-order valence-electron chi connectivity index (χ4n) is 4.69. The van der Waals surface area contributed by atoms with Gasteiger partial charge < -0.3 is 25.4 Å². The third-order valence-corrected chi connectivity index (χ3v) is 6.90. The fourth-order valence-corrected chi connectivity index (χ4v) is 4.69. The Balaban J connectivity index is 1.24. The van der Waals surface area contributed by atoms with Crippen molar-refractivity contribution >= 4 is 11.9 Å². The Bertz CT molecular complexity index is 1430. The van der Waals surface area contributed by atoms with Crippen LogP contribution in [0.25, 0.3) is 5.82 Å². The summed E-state index contributed by atoms with van der Waals surface area (Å²) in [6.45, 7) is 6.89. The van der Waals surface area contributed by atoms with Gasteiger partial charge in [-0.25, -0.2) is 9.78 Å². The van der Waals surface area contributed by atoms with Crippen molar-refractivity contribution in [1.82, 2.24) is 20.2 Å². The third kappa shape index (κ3) is 7.65. The van der Waals surface area contributed by atoms with Gasteiger partial charge in [-0.2, -0.15) is 0 Å². The van der Waals surface area contributed by atoms with Crippen molar-refractivity contribution in [1.29, 1.82) is 0 Å². The molecule has 0 spiro atoms. The molecule has 2 aromatic heterocycles. The van der Waals surface area contributed by atoms with Gasteiger partial charge in [0.05, 0.1) is 18.1 Å². The average Bonchev–Trinajstić information content (AvgIpc) is 3.28. The van der Waals surface area contributed by atoms with E-state index in [1.165, 1.54) is 12.1 Å². The lowest BCUT2D eigenvalue weighted by atomic mass is 10.0. The number of aliphatic hydroxyl groups is 1. The van der Waals surface area contributed by atoms with Gasteiger partial charge in [-0.05, 0) is 74.2 Å². The van der Waals surface area contributed by atoms with E-state index in [0.717, 1.165) is 45.9 Å². The molecule has 2 heterocycles. The molecule has 0 bridgehead atoms. The summed E-state index contributed by atoms with van der Waals surface area (Å²) in [6.07, 6.45) is 2.06. The van der Waals surface area contributed by atoms with Crippen LogP contribution < -0.4 is 10.6 Å². The number of rotatable bonds is 12. The monoisotopic (exact) mass is 540 g/mol. The number of hydrogen-bond acceptors (Lipinski definition) is 5. The van der Waals surface area contributed by atoms with Crippen LogP contribution in [-0.4, -0.2) is 44.2 Å². The summed E-state index contributed by atoms with van der Waals surface area (Å²) in [7, 11) is 0. The minimum Gasteiger partial charge on any atom is -0.478 e. The van der Waals surface area contributed by atoms with Crippen LogP contribution >= 0.6 is 0 Å². The molecule has 8 nitrogen and oxygen atoms in total. The third-order valence-electron chi connectivity index (χ3n) is 6.90. The molecule has 2 atom stereocenters. The Morgan fingerprint density at radius 2 is 1.62 bits per heavy atom. The van der Waals surface area contributed by atoms with Gasteiger partial charge in [0.2, 0.25) is 5.91 Å². The molecule has 0 aliphatic rings. The summed E-state index contributed by atoms with van der Waals surface area (Å²) >= 11 is 0. The molecule has 0 aliphatic carbocycles. The SMILES string of the molecule is Cc1ccc(C)n1-c1ccc([C@H](O)CN[C@H](C)Cc2cccc(CC(=O)NCc3ccc(C(=O)O)cc3)c2)cn1. The van der Waals surface area contributed by atoms with E-state index in [1.54, 1.807) is 18.3 Å². The fraction of sp³-hybridized carbons (Fsp3) is 0.281. The molecule has 40 heavy (non-hydrogen) atoms. The second-order valence-corrected chi connectivity index (χ2v) is 10.2. The van der Waals surface area contributed by atoms with Gasteiger partial charge in [-0.3, -0.25) is 4.79 Å². The van der Waals surface area contributed by atoms with E-state index in [1.807, 2.05) is 50.2 Å². The second-order valence-electron chi connectivity index (χ2n) is 10.2. The lowest BCUT2D eigenvalue weighted by Crippen LogP contribution is -2.32. The Morgan fingerprint density at radius 1 is 0.925 bits per heavy atom. The quantitative estimate of drug-likeness (QED) is 0.213. The van der Waals surface area contributed by atoms with Crippen molar-refractivity contribution in [2.24, 2.45) is 0 Å². The molecular weight excluding hydrogens is 504 g/mol. The number of amides is 1. The predicted molar refractivity (Wildman–Crippen MR) is 155 cm³/mol. The van der Waals surface area contributed by atoms with Crippen LogP contribution in [0.3, 0.4) is 0 Å². The number of benzene rings is 2. The maximum Gasteiger partial charge on any atom is 0.335 e. The standard InChI is InChI=1S/C32H36N4O4/c1-21(33-20-29(37)28-13-14-30(34-19-28)36-22(2)7-8-23(36)3)15-25-5-4-6-26(16-25)17-31(38)35-18-24-9-11-27(12-10-24)32(39)40/h4-14,16,19,21,29,33,37H,15,17-18,20H2,1-3H3,(H,35,38)(H,39,40)/t21-,29-/m1/s1. The largest absolute Gasteiger partial charge is 0.478 e. The normalized spacial score (nSPS) is 12.6. The van der Waals surface area contributed by atoms with Crippen molar-refractivity contribution < 1.29 is 19.8 Å². The van der Waals surface area contributed by atoms with Crippen molar-refractivity contribution in [3.05, 3.63) is 118 Å². The first kappa shape index (κ1) is 28.7. The van der Waals surface area contributed by atoms with Crippen LogP contribution in [0.4, 0.5) is 0 Å². The van der Waals surface area contributed by atoms with Crippen LogP contribution in [0, 0.1) is 13.8 Å². The number of nitrogens with zero attached hydrogens (tertiary/aromatic N) is 2. The molecule has 4 N–H and O–H groups in total. The Labute approximate surface area is 234 Å². The van der Waals surface area contributed by atoms with Crippen molar-refractivity contribution in [2.45, 2.75) is 52.3 Å². The zero-order valence-electron chi connectivity index (χ0n) is 23.1. The first-order valence-corrected chi connectivity index (χ1v) is 13.4. The molecule has 0 unspecified atom stereocenters. The lowest BCUT2D eigenvalue weighted by molar-refractivity contribution is -0.120. The first-order valence-electron chi connectivity index (χ1n) is 13.4. The van der Waals surface area contributed by atoms with E-state index in [0.29, 0.717) is 13.1 Å². The van der Waals surface area contributed by atoms with E-state index >= 15 is 0 Å². The molecule has 4 rings (SSSR count). The minimum atomic E-state index is -0.975. The lowest BCUT2D eigenvalue weighted by Gasteiger charge is -2.18. The molecule has 8 heteroatoms. The second kappa shape index (κ2) is 13.2. The molecule has 0 saturated carbocycles. The number of hydrogen-bond donors (Lipinski definition) is 4. The van der Waals surface area contributed by atoms with E-state index < -0.39 is 12.1 Å². The molecule has 0 fully saturated rings. The summed E-state index contributed by atoms with van der Waals surface area (Å²) in [6, 6.07) is 22.5. The number of carbonyl (C=O) groups excluding carboxylic acids is 1. The molecule has 0 saturated heterocycles. The van der Waals surface area contributed by atoms with Crippen LogP contribution in [0.15, 0.2) is 79.0 Å². The summed E-state index contributed by atoms with van der Waals surface area (Å²) in [5.41, 5.74) is 6.07. The van der Waals surface area contributed by atoms with Crippen LogP contribution in [0.1, 0.15) is 57.0 Å². The van der Waals surface area contributed by atoms with Crippen LogP contribution in [0.5, 0.6) is 0 Å². The molecule has 208 valence electrons. The summed E-state index contributed by atoms with van der Waals surface area (Å²) in [5.74, 6) is -0.243. The highest BCUT2D eigenvalue weighted by Crippen LogP contribution is 2.18. The molecule has 0 aliphatic heterocycles. The zero-order chi connectivity index (χ0) is 28.6. The molecule has 2 aromatic carbocycles. The van der Waals surface area contributed by atoms with Crippen molar-refractivity contribution in [2.75, 3.05) is 6.54 Å². The van der Waals surface area contributed by atoms with E-state index in [2.05, 4.69) is 39.2 Å². The van der Waals surface area contributed by atoms with Crippen LogP contribution in [0.2, 0.25) is 0 Å². The molecular formula is C32H36N4O4. The van der Waals surface area contributed by atoms with Gasteiger partial charge in [0, 0.05) is 42.3 Å². The van der Waals surface area contributed by atoms with Crippen LogP contribution in [-0.2, 0) is 24.2 Å². The molecule has 0 radical (unpaired) electrons. The summed E-state index contributed by atoms with van der Waals surface area (Å²) < 4.78 is 2.08. The molecule has 1 amide bonds. The van der Waals surface area contributed by atoms with E-state index in [4.69, 9.17) is 5.11 Å². The van der Waals surface area contributed by atoms with Crippen molar-refractivity contribution in [3.8, 4) is 5.82 Å². The number of carboxylic acid groups (broad SMARTS) is 1. The smallest absolute Gasteiger partial charge is 0.335 e. The van der Waals surface area contributed by atoms with Gasteiger partial charge in [0.1, 0.15) is 5.82 Å². The number of aliphatic hydroxyl groups excluding tert-OH is 1. The topological polar surface area (TPSA) is 116 Å². The van der Waals surface area contributed by atoms with Gasteiger partial charge in [-0.15, -0.1) is 0 Å². The number of nitrogens with one attached hydrogen (secondary N) is 2. The van der Waals surface area contributed by atoms with Gasteiger partial charge in [0.25, 0.3) is 0 Å². The average molecular weight is 541 g/mol. The Hall–Kier alpha value is -4.27. The summed E-state index contributed by atoms with van der Waals surface area (Å²) in [4.78, 5) is 28.0. The summed E-state index contributed by atoms with van der Waals surface area (Å²) in [5, 5.41) is 26.0. The Morgan fingerprint density at radius 3 is 2.27 bits per heavy atom.